The van der Waals surface area contributed by atoms with Crippen LogP contribution in [0.25, 0.3) is 16.9 Å². The van der Waals surface area contributed by atoms with Gasteiger partial charge >= 0.3 is 5.97 Å². The van der Waals surface area contributed by atoms with E-state index in [0.717, 1.165) is 25.7 Å². The Morgan fingerprint density at radius 2 is 1.67 bits per heavy atom. The number of para-hydroxylation sites is 1. The second-order valence-corrected chi connectivity index (χ2v) is 10.4. The lowest BCUT2D eigenvalue weighted by Gasteiger charge is -2.59. The zero-order valence-electron chi connectivity index (χ0n) is 20.0. The molecule has 0 atom stereocenters. The third kappa shape index (κ3) is 3.50. The number of methoxy groups -OCH3 is 1. The average Bonchev–Trinajstić information content (AvgIpc) is 3.31. The molecule has 4 saturated carbocycles. The molecule has 1 aromatic heterocycles. The molecule has 4 bridgehead atoms. The summed E-state index contributed by atoms with van der Waals surface area (Å²) < 4.78 is 20.7. The van der Waals surface area contributed by atoms with E-state index in [1.807, 2.05) is 24.3 Å². The fraction of sp³-hybridized carbons (Fsp3) is 0.393. The quantitative estimate of drug-likeness (QED) is 0.524. The number of carboxylic acids is 1. The highest BCUT2D eigenvalue weighted by Gasteiger charge is 2.62. The van der Waals surface area contributed by atoms with E-state index in [1.165, 1.54) is 18.6 Å². The normalized spacial score (nSPS) is 28.2. The zero-order chi connectivity index (χ0) is 25.0. The Balaban J connectivity index is 1.41. The van der Waals surface area contributed by atoms with Crippen LogP contribution < -0.4 is 10.1 Å². The van der Waals surface area contributed by atoms with Gasteiger partial charge in [0.2, 0.25) is 0 Å². The number of ether oxygens (including phenoxy) is 1. The molecule has 4 aliphatic rings. The standard InChI is InChI=1S/C28H28FN3O4/c1-36-25-5-3-2-4-22(25)24-15-23(31-32(24)21-8-6-20(29)7-9-21)26(33)30-28(27(34)35)18-11-16-10-17(13-18)14-19(28)12-16/h2-9,15-19H,10-14H2,1H3,(H,30,33)(H,34,35). The molecule has 7 nitrogen and oxygen atoms in total. The molecule has 4 fully saturated rings. The number of nitrogens with zero attached hydrogens (tertiary/aromatic N) is 2. The van der Waals surface area contributed by atoms with E-state index >= 15 is 0 Å². The first-order chi connectivity index (χ1) is 17.4. The van der Waals surface area contributed by atoms with E-state index in [1.54, 1.807) is 30.0 Å². The van der Waals surface area contributed by atoms with Crippen molar-refractivity contribution in [3.63, 3.8) is 0 Å². The molecule has 0 aliphatic heterocycles. The fourth-order valence-corrected chi connectivity index (χ4v) is 7.11. The first-order valence-electron chi connectivity index (χ1n) is 12.4. The Morgan fingerprint density at radius 3 is 2.28 bits per heavy atom. The molecule has 0 saturated heterocycles. The van der Waals surface area contributed by atoms with Crippen molar-refractivity contribution in [3.05, 3.63) is 66.1 Å². The molecule has 2 aromatic carbocycles. The second kappa shape index (κ2) is 8.47. The van der Waals surface area contributed by atoms with Crippen molar-refractivity contribution < 1.29 is 23.8 Å². The third-order valence-electron chi connectivity index (χ3n) is 8.50. The smallest absolute Gasteiger partial charge is 0.330 e. The van der Waals surface area contributed by atoms with Gasteiger partial charge in [-0.3, -0.25) is 4.79 Å². The number of rotatable bonds is 6. The number of aromatic nitrogens is 2. The van der Waals surface area contributed by atoms with Gasteiger partial charge in [-0.25, -0.2) is 13.9 Å². The van der Waals surface area contributed by atoms with Gasteiger partial charge in [0, 0.05) is 5.56 Å². The van der Waals surface area contributed by atoms with Crippen molar-refractivity contribution >= 4 is 11.9 Å². The van der Waals surface area contributed by atoms with Crippen molar-refractivity contribution in [2.24, 2.45) is 23.7 Å². The fourth-order valence-electron chi connectivity index (χ4n) is 7.11. The van der Waals surface area contributed by atoms with E-state index in [0.29, 0.717) is 34.5 Å². The Labute approximate surface area is 208 Å². The molecule has 0 spiro atoms. The first kappa shape index (κ1) is 22.8. The molecular weight excluding hydrogens is 461 g/mol. The molecule has 2 N–H and O–H groups in total. The van der Waals surface area contributed by atoms with Gasteiger partial charge in [-0.2, -0.15) is 5.10 Å². The number of hydrogen-bond donors (Lipinski definition) is 2. The van der Waals surface area contributed by atoms with E-state index in [-0.39, 0.29) is 23.3 Å². The van der Waals surface area contributed by atoms with Gasteiger partial charge in [0.1, 0.15) is 17.1 Å². The van der Waals surface area contributed by atoms with Crippen LogP contribution in [-0.4, -0.2) is 39.4 Å². The summed E-state index contributed by atoms with van der Waals surface area (Å²) in [5.41, 5.74) is 0.695. The summed E-state index contributed by atoms with van der Waals surface area (Å²) >= 11 is 0. The number of benzene rings is 2. The average molecular weight is 490 g/mol. The largest absolute Gasteiger partial charge is 0.496 e. The van der Waals surface area contributed by atoms with Crippen LogP contribution >= 0.6 is 0 Å². The molecule has 3 aromatic rings. The topological polar surface area (TPSA) is 93.4 Å². The lowest BCUT2D eigenvalue weighted by molar-refractivity contribution is -0.163. The molecule has 8 heteroatoms. The van der Waals surface area contributed by atoms with Crippen LogP contribution in [0.5, 0.6) is 5.75 Å². The highest BCUT2D eigenvalue weighted by molar-refractivity contribution is 5.98. The van der Waals surface area contributed by atoms with Crippen LogP contribution in [0.1, 0.15) is 42.6 Å². The maximum Gasteiger partial charge on any atom is 0.330 e. The summed E-state index contributed by atoms with van der Waals surface area (Å²) in [7, 11) is 1.56. The molecule has 1 heterocycles. The van der Waals surface area contributed by atoms with Crippen molar-refractivity contribution in [2.75, 3.05) is 7.11 Å². The first-order valence-corrected chi connectivity index (χ1v) is 12.4. The highest BCUT2D eigenvalue weighted by Crippen LogP contribution is 2.58. The zero-order valence-corrected chi connectivity index (χ0v) is 20.0. The molecule has 36 heavy (non-hydrogen) atoms. The minimum atomic E-state index is -1.27. The number of nitrogens with one attached hydrogen (secondary N) is 1. The summed E-state index contributed by atoms with van der Waals surface area (Å²) in [4.78, 5) is 26.4. The predicted molar refractivity (Wildman–Crippen MR) is 130 cm³/mol. The maximum absolute atomic E-state index is 13.6. The van der Waals surface area contributed by atoms with Crippen molar-refractivity contribution in [1.82, 2.24) is 15.1 Å². The number of hydrogen-bond acceptors (Lipinski definition) is 4. The predicted octanol–water partition coefficient (Wildman–Crippen LogP) is 4.70. The number of amides is 1. The van der Waals surface area contributed by atoms with Gasteiger partial charge in [-0.15, -0.1) is 0 Å². The monoisotopic (exact) mass is 489 g/mol. The van der Waals surface area contributed by atoms with Crippen molar-refractivity contribution in [1.29, 1.82) is 0 Å². The SMILES string of the molecule is COc1ccccc1-c1cc(C(=O)NC2(C(=O)O)C3CC4CC(C3)CC2C4)nn1-c1ccc(F)cc1. The van der Waals surface area contributed by atoms with Crippen molar-refractivity contribution in [3.8, 4) is 22.7 Å². The second-order valence-electron chi connectivity index (χ2n) is 10.4. The van der Waals surface area contributed by atoms with Gasteiger partial charge in [0.05, 0.1) is 18.5 Å². The number of carboxylic acid groups (broad SMARTS) is 1. The highest BCUT2D eigenvalue weighted by atomic mass is 19.1. The Morgan fingerprint density at radius 1 is 1.03 bits per heavy atom. The summed E-state index contributed by atoms with van der Waals surface area (Å²) in [5.74, 6) is -0.261. The van der Waals surface area contributed by atoms with Gasteiger partial charge in [-0.1, -0.05) is 12.1 Å². The number of carbonyl (C=O) groups is 2. The van der Waals surface area contributed by atoms with Crippen molar-refractivity contribution in [2.45, 2.75) is 37.6 Å². The molecule has 186 valence electrons. The number of aliphatic carboxylic acids is 1. The third-order valence-corrected chi connectivity index (χ3v) is 8.50. The Hall–Kier alpha value is -3.68. The minimum Gasteiger partial charge on any atom is -0.496 e. The van der Waals surface area contributed by atoms with Crippen LogP contribution in [-0.2, 0) is 4.79 Å². The van der Waals surface area contributed by atoms with E-state index in [4.69, 9.17) is 4.74 Å². The molecular formula is C28H28FN3O4. The number of halogens is 1. The lowest BCUT2D eigenvalue weighted by atomic mass is 9.48. The molecule has 7 rings (SSSR count). The van der Waals surface area contributed by atoms with Gasteiger partial charge in [-0.05, 0) is 98.2 Å². The summed E-state index contributed by atoms with van der Waals surface area (Å²) in [6, 6.07) is 14.8. The van der Waals surface area contributed by atoms with Crippen LogP contribution in [0, 0.1) is 29.5 Å². The van der Waals surface area contributed by atoms with Gasteiger partial charge in [0.25, 0.3) is 5.91 Å². The molecule has 4 aliphatic carbocycles. The summed E-state index contributed by atoms with van der Waals surface area (Å²) in [6.07, 6.45) is 4.55. The summed E-state index contributed by atoms with van der Waals surface area (Å²) in [6.45, 7) is 0. The molecule has 0 radical (unpaired) electrons. The number of carbonyl (C=O) groups excluding carboxylic acids is 1. The molecule has 0 unspecified atom stereocenters. The van der Waals surface area contributed by atoms with Gasteiger partial charge in [0.15, 0.2) is 5.69 Å². The lowest BCUT2D eigenvalue weighted by Crippen LogP contribution is -2.70. The van der Waals surface area contributed by atoms with Crippen LogP contribution in [0.2, 0.25) is 0 Å². The van der Waals surface area contributed by atoms with E-state index < -0.39 is 17.4 Å². The van der Waals surface area contributed by atoms with Gasteiger partial charge < -0.3 is 15.2 Å². The van der Waals surface area contributed by atoms with Crippen LogP contribution in [0.3, 0.4) is 0 Å². The minimum absolute atomic E-state index is 0.0666. The van der Waals surface area contributed by atoms with E-state index in [2.05, 4.69) is 10.4 Å². The molecule has 1 amide bonds. The van der Waals surface area contributed by atoms with Crippen LogP contribution in [0.15, 0.2) is 54.6 Å². The Bertz CT molecular complexity index is 1300. The summed E-state index contributed by atoms with van der Waals surface area (Å²) in [5, 5.41) is 17.9. The van der Waals surface area contributed by atoms with E-state index in [9.17, 15) is 19.1 Å². The Kier molecular flexibility index (Phi) is 5.35. The maximum atomic E-state index is 13.6. The van der Waals surface area contributed by atoms with Crippen LogP contribution in [0.4, 0.5) is 4.39 Å².